The fraction of sp³-hybridized carbons (Fsp3) is 0.0233. The van der Waals surface area contributed by atoms with Crippen molar-refractivity contribution in [1.82, 2.24) is 0 Å². The summed E-state index contributed by atoms with van der Waals surface area (Å²) in [6, 6.07) is 71.7. The SMILES string of the molecule is FC(F)(F)c1c[c-]ccc1.[Br][Pd+].c1ccc(P(c2ccccc2)c2ccccc2)cc1.c1ccc(P(c2ccccc2)c2ccccc2)cc1. The molecule has 0 amide bonds. The topological polar surface area (TPSA) is 0 Å². The van der Waals surface area contributed by atoms with Gasteiger partial charge in [-0.25, -0.2) is 0 Å². The molecule has 0 spiro atoms. The quantitative estimate of drug-likeness (QED) is 0.0888. The van der Waals surface area contributed by atoms with Crippen LogP contribution >= 0.6 is 29.3 Å². The van der Waals surface area contributed by atoms with Crippen molar-refractivity contribution in [2.24, 2.45) is 0 Å². The van der Waals surface area contributed by atoms with E-state index in [1.165, 1.54) is 44.0 Å². The second-order valence-corrected chi connectivity index (χ2v) is 14.9. The molecule has 0 radical (unpaired) electrons. The molecule has 0 heterocycles. The molecular weight excluding hydrogens is 822 g/mol. The van der Waals surface area contributed by atoms with Crippen LogP contribution in [0.5, 0.6) is 0 Å². The van der Waals surface area contributed by atoms with Gasteiger partial charge in [0.05, 0.1) is 0 Å². The maximum Gasteiger partial charge on any atom is -0.0134 e. The zero-order valence-electron chi connectivity index (χ0n) is 26.9. The van der Waals surface area contributed by atoms with Crippen molar-refractivity contribution in [2.75, 3.05) is 0 Å². The molecule has 0 aliphatic rings. The second kappa shape index (κ2) is 21.5. The van der Waals surface area contributed by atoms with E-state index in [0.717, 1.165) is 12.1 Å². The molecule has 0 nitrogen and oxygen atoms in total. The van der Waals surface area contributed by atoms with Gasteiger partial charge in [0.1, 0.15) is 0 Å². The first-order valence-corrected chi connectivity index (χ1v) is 21.8. The third kappa shape index (κ3) is 12.3. The molecule has 0 saturated carbocycles. The van der Waals surface area contributed by atoms with Gasteiger partial charge < -0.3 is 0 Å². The minimum Gasteiger partial charge on any atom is -0.0622 e. The molecule has 0 fully saturated rings. The van der Waals surface area contributed by atoms with E-state index in [2.05, 4.69) is 219 Å². The molecule has 254 valence electrons. The number of hydrogen-bond donors (Lipinski definition) is 0. The molecule has 0 unspecified atom stereocenters. The van der Waals surface area contributed by atoms with Gasteiger partial charge >= 0.3 is 36.8 Å². The molecule has 7 heteroatoms. The maximum atomic E-state index is 11.8. The Morgan fingerprint density at radius 2 is 0.620 bits per heavy atom. The van der Waals surface area contributed by atoms with Crippen molar-refractivity contribution < 1.29 is 30.4 Å². The smallest absolute Gasteiger partial charge is 0.0134 e. The van der Waals surface area contributed by atoms with Crippen molar-refractivity contribution in [1.29, 1.82) is 0 Å². The Morgan fingerprint density at radius 1 is 0.380 bits per heavy atom. The largest absolute Gasteiger partial charge is 0.0622 e. The summed E-state index contributed by atoms with van der Waals surface area (Å²) in [5.41, 5.74) is -0.657. The number of hydrogen-bond acceptors (Lipinski definition) is 0. The summed E-state index contributed by atoms with van der Waals surface area (Å²) in [6.07, 6.45) is -4.24. The average molecular weight is 856 g/mol. The van der Waals surface area contributed by atoms with Gasteiger partial charge in [-0.15, -0.1) is 0 Å². The van der Waals surface area contributed by atoms with Gasteiger partial charge in [-0.3, -0.25) is 0 Å². The van der Waals surface area contributed by atoms with Crippen LogP contribution in [0.3, 0.4) is 0 Å². The molecule has 0 aliphatic carbocycles. The van der Waals surface area contributed by atoms with Crippen LogP contribution in [0.15, 0.2) is 206 Å². The molecule has 0 aromatic heterocycles. The van der Waals surface area contributed by atoms with E-state index in [0.29, 0.717) is 0 Å². The van der Waals surface area contributed by atoms with Crippen molar-refractivity contribution in [3.8, 4) is 0 Å². The van der Waals surface area contributed by atoms with Crippen LogP contribution in [-0.2, 0) is 23.4 Å². The van der Waals surface area contributed by atoms with E-state index >= 15 is 0 Å². The minimum absolute atomic E-state index is 0.446. The van der Waals surface area contributed by atoms with Crippen LogP contribution < -0.4 is 31.8 Å². The Bertz CT molecular complexity index is 1580. The van der Waals surface area contributed by atoms with Gasteiger partial charge in [0.2, 0.25) is 0 Å². The zero-order valence-corrected chi connectivity index (χ0v) is 31.8. The van der Waals surface area contributed by atoms with Crippen molar-refractivity contribution in [3.63, 3.8) is 0 Å². The molecule has 50 heavy (non-hydrogen) atoms. The molecule has 0 atom stereocenters. The second-order valence-electron chi connectivity index (χ2n) is 10.5. The molecule has 0 aliphatic heterocycles. The molecule has 7 rings (SSSR count). The fourth-order valence-corrected chi connectivity index (χ4v) is 9.54. The Kier molecular flexibility index (Phi) is 16.8. The van der Waals surface area contributed by atoms with Gasteiger partial charge in [-0.2, -0.15) is 43.5 Å². The van der Waals surface area contributed by atoms with Crippen molar-refractivity contribution in [2.45, 2.75) is 6.18 Å². The third-order valence-corrected chi connectivity index (χ3v) is 12.0. The molecule has 0 bridgehead atoms. The Labute approximate surface area is 313 Å². The summed E-state index contributed by atoms with van der Waals surface area (Å²) in [4.78, 5) is 0. The standard InChI is InChI=1S/2C18H15P.C7H4F3.BrH.Pd/c2*1-4-10-16(11-5-1)19(17-12-6-2-7-13-17)18-14-8-3-9-15-18;8-7(9,10)6-4-2-1-3-5-6;;/h2*1-15H;1-2,4-5H;1H;/q;;-1;;+2/p-1. The van der Waals surface area contributed by atoms with E-state index in [1.807, 2.05) is 0 Å². The predicted molar refractivity (Wildman–Crippen MR) is 210 cm³/mol. The van der Waals surface area contributed by atoms with E-state index in [9.17, 15) is 13.2 Å². The van der Waals surface area contributed by atoms with Gasteiger partial charge in [-0.05, 0) is 47.7 Å². The summed E-state index contributed by atoms with van der Waals surface area (Å²) in [5, 5.41) is 8.39. The number of rotatable bonds is 6. The van der Waals surface area contributed by atoms with Crippen LogP contribution in [0.4, 0.5) is 13.2 Å². The maximum absolute atomic E-state index is 11.8. The van der Waals surface area contributed by atoms with E-state index in [1.54, 1.807) is 0 Å². The Balaban J connectivity index is 0.000000172. The molecule has 7 aromatic rings. The van der Waals surface area contributed by atoms with Crippen LogP contribution in [0.1, 0.15) is 5.56 Å². The van der Waals surface area contributed by atoms with Gasteiger partial charge in [0.25, 0.3) is 0 Å². The van der Waals surface area contributed by atoms with Gasteiger partial charge in [-0.1, -0.05) is 188 Å². The molecular formula is C43H34BrF3P2Pd. The first-order valence-electron chi connectivity index (χ1n) is 15.6. The van der Waals surface area contributed by atoms with Crippen molar-refractivity contribution >= 4 is 61.1 Å². The summed E-state index contributed by atoms with van der Waals surface area (Å²) < 4.78 is 35.3. The van der Waals surface area contributed by atoms with Crippen LogP contribution in [-0.4, -0.2) is 0 Å². The molecule has 7 aromatic carbocycles. The average Bonchev–Trinajstić information content (AvgIpc) is 3.19. The van der Waals surface area contributed by atoms with E-state index < -0.39 is 27.6 Å². The minimum atomic E-state index is -4.24. The summed E-state index contributed by atoms with van der Waals surface area (Å²) in [7, 11) is -0.892. The first kappa shape index (κ1) is 39.1. The normalized spacial score (nSPS) is 10.5. The number of benzene rings is 7. The van der Waals surface area contributed by atoms with Gasteiger partial charge in [0.15, 0.2) is 0 Å². The van der Waals surface area contributed by atoms with E-state index in [4.69, 9.17) is 0 Å². The summed E-state index contributed by atoms with van der Waals surface area (Å²) in [5.74, 6) is 0. The summed E-state index contributed by atoms with van der Waals surface area (Å²) in [6.45, 7) is 0. The van der Waals surface area contributed by atoms with Crippen LogP contribution in [0, 0.1) is 6.07 Å². The van der Waals surface area contributed by atoms with Crippen molar-refractivity contribution in [3.05, 3.63) is 218 Å². The van der Waals surface area contributed by atoms with Crippen LogP contribution in [0.2, 0.25) is 0 Å². The zero-order chi connectivity index (χ0) is 35.4. The molecule has 0 N–H and O–H groups in total. The third-order valence-electron chi connectivity index (χ3n) is 7.12. The number of halogens is 4. The molecule has 0 saturated heterocycles. The summed E-state index contributed by atoms with van der Waals surface area (Å²) >= 11 is 5.35. The van der Waals surface area contributed by atoms with Gasteiger partial charge in [0, 0.05) is 0 Å². The van der Waals surface area contributed by atoms with Crippen LogP contribution in [0.25, 0.3) is 0 Å². The predicted octanol–water partition coefficient (Wildman–Crippen LogP) is 10.2. The fourth-order valence-electron chi connectivity index (χ4n) is 4.93. The monoisotopic (exact) mass is 854 g/mol. The number of alkyl halides is 3. The Morgan fingerprint density at radius 3 is 0.780 bits per heavy atom. The Hall–Kier alpha value is -3.67. The first-order chi connectivity index (χ1) is 24.5. The van der Waals surface area contributed by atoms with E-state index in [-0.39, 0.29) is 0 Å².